The van der Waals surface area contributed by atoms with Crippen molar-refractivity contribution in [1.29, 1.82) is 0 Å². The van der Waals surface area contributed by atoms with Crippen LogP contribution >= 0.6 is 34.6 Å². The number of nitrogens with zero attached hydrogens (tertiary/aromatic N) is 1. The monoisotopic (exact) mass is 393 g/mol. The molecule has 1 aromatic carbocycles. The topological polar surface area (TPSA) is 38.8 Å². The zero-order chi connectivity index (χ0) is 13.9. The van der Waals surface area contributed by atoms with Crippen molar-refractivity contribution in [3.05, 3.63) is 24.3 Å². The molecule has 1 unspecified atom stereocenters. The molecule has 1 heterocycles. The number of ether oxygens (including phenoxy) is 2. The van der Waals surface area contributed by atoms with E-state index in [1.54, 1.807) is 25.8 Å². The van der Waals surface area contributed by atoms with Crippen LogP contribution in [0, 0.1) is 0 Å². The van der Waals surface area contributed by atoms with Crippen molar-refractivity contribution in [3.8, 4) is 11.5 Å². The second-order valence-corrected chi connectivity index (χ2v) is 6.75. The first-order valence-electron chi connectivity index (χ1n) is 5.94. The molecule has 6 heteroatoms. The lowest BCUT2D eigenvalue weighted by Crippen LogP contribution is -2.47. The molecule has 1 aliphatic heterocycles. The summed E-state index contributed by atoms with van der Waals surface area (Å²) in [6, 6.07) is 7.48. The molecule has 0 radical (unpaired) electrons. The van der Waals surface area contributed by atoms with Gasteiger partial charge in [-0.15, -0.1) is 11.8 Å². The first-order chi connectivity index (χ1) is 9.10. The summed E-state index contributed by atoms with van der Waals surface area (Å²) in [5, 5.41) is 0. The number of halogens is 1. The zero-order valence-electron chi connectivity index (χ0n) is 10.9. The van der Waals surface area contributed by atoms with Gasteiger partial charge in [0.2, 0.25) is 0 Å². The Morgan fingerprint density at radius 2 is 2.16 bits per heavy atom. The molecule has 0 amide bonds. The molecule has 0 spiro atoms. The van der Waals surface area contributed by atoms with Gasteiger partial charge in [-0.2, -0.15) is 0 Å². The van der Waals surface area contributed by atoms with Crippen molar-refractivity contribution in [2.24, 2.45) is 0 Å². The highest BCUT2D eigenvalue weighted by atomic mass is 127. The predicted molar refractivity (Wildman–Crippen MR) is 85.1 cm³/mol. The number of carbonyl (C=O) groups excluding carboxylic acids is 1. The average Bonchev–Trinajstić information content (AvgIpc) is 2.79. The fourth-order valence-corrected chi connectivity index (χ4v) is 4.60. The second kappa shape index (κ2) is 6.32. The maximum Gasteiger partial charge on any atom is 0.169 e. The van der Waals surface area contributed by atoms with Crippen LogP contribution in [0.2, 0.25) is 0 Å². The molecule has 1 aromatic rings. The van der Waals surface area contributed by atoms with E-state index in [9.17, 15) is 4.79 Å². The van der Waals surface area contributed by atoms with E-state index in [-0.39, 0.29) is 5.78 Å². The molecule has 1 fully saturated rings. The van der Waals surface area contributed by atoms with E-state index in [2.05, 4.69) is 22.9 Å². The lowest BCUT2D eigenvalue weighted by atomic mass is 10.2. The van der Waals surface area contributed by atoms with Crippen LogP contribution < -0.4 is 9.47 Å². The Morgan fingerprint density at radius 3 is 2.68 bits per heavy atom. The SMILES string of the molecule is COc1ccccc1OCC1(C(C)=O)SCCN1I. The zero-order valence-corrected chi connectivity index (χ0v) is 13.9. The third-order valence-electron chi connectivity index (χ3n) is 3.06. The molecule has 19 heavy (non-hydrogen) atoms. The number of rotatable bonds is 5. The summed E-state index contributed by atoms with van der Waals surface area (Å²) >= 11 is 3.84. The Hall–Kier alpha value is -0.470. The predicted octanol–water partition coefficient (Wildman–Crippen LogP) is 2.76. The number of benzene rings is 1. The van der Waals surface area contributed by atoms with Crippen LogP contribution in [0.1, 0.15) is 6.92 Å². The molecule has 0 aliphatic carbocycles. The highest BCUT2D eigenvalue weighted by molar-refractivity contribution is 14.1. The molecule has 0 aromatic heterocycles. The molecular weight excluding hydrogens is 377 g/mol. The van der Waals surface area contributed by atoms with E-state index in [1.165, 1.54) is 0 Å². The van der Waals surface area contributed by atoms with Crippen LogP contribution in [0.3, 0.4) is 0 Å². The van der Waals surface area contributed by atoms with E-state index in [1.807, 2.05) is 27.4 Å². The minimum atomic E-state index is -0.582. The number of carbonyl (C=O) groups is 1. The number of thioether (sulfide) groups is 1. The van der Waals surface area contributed by atoms with Crippen LogP contribution in [0.25, 0.3) is 0 Å². The highest BCUT2D eigenvalue weighted by Gasteiger charge is 2.46. The minimum Gasteiger partial charge on any atom is -0.493 e. The lowest BCUT2D eigenvalue weighted by molar-refractivity contribution is -0.122. The number of hydrogen-bond acceptors (Lipinski definition) is 5. The fourth-order valence-electron chi connectivity index (χ4n) is 1.94. The van der Waals surface area contributed by atoms with Crippen molar-refractivity contribution >= 4 is 40.4 Å². The third-order valence-corrected chi connectivity index (χ3v) is 6.19. The molecule has 1 aliphatic rings. The first kappa shape index (κ1) is 14.9. The van der Waals surface area contributed by atoms with E-state index in [0.29, 0.717) is 18.1 Å². The average molecular weight is 393 g/mol. The Balaban J connectivity index is 2.14. The van der Waals surface area contributed by atoms with Crippen molar-refractivity contribution in [2.75, 3.05) is 26.0 Å². The quantitative estimate of drug-likeness (QED) is 0.568. The molecular formula is C13H16INO3S. The lowest BCUT2D eigenvalue weighted by Gasteiger charge is -2.30. The summed E-state index contributed by atoms with van der Waals surface area (Å²) in [7, 11) is 1.61. The molecule has 0 saturated carbocycles. The number of para-hydroxylation sites is 2. The largest absolute Gasteiger partial charge is 0.493 e. The molecule has 4 nitrogen and oxygen atoms in total. The summed E-state index contributed by atoms with van der Waals surface area (Å²) in [5.41, 5.74) is 0. The summed E-state index contributed by atoms with van der Waals surface area (Å²) in [6.45, 7) is 2.84. The molecule has 2 rings (SSSR count). The summed E-state index contributed by atoms with van der Waals surface area (Å²) in [6.07, 6.45) is 0. The normalized spacial score (nSPS) is 23.3. The van der Waals surface area contributed by atoms with Crippen molar-refractivity contribution in [2.45, 2.75) is 11.8 Å². The van der Waals surface area contributed by atoms with Crippen LogP contribution in [0.5, 0.6) is 11.5 Å². The Labute approximate surface area is 131 Å². The van der Waals surface area contributed by atoms with Gasteiger partial charge in [-0.3, -0.25) is 4.79 Å². The van der Waals surface area contributed by atoms with Crippen LogP contribution in [0.15, 0.2) is 24.3 Å². The van der Waals surface area contributed by atoms with Gasteiger partial charge in [-0.1, -0.05) is 12.1 Å². The van der Waals surface area contributed by atoms with Gasteiger partial charge in [0.25, 0.3) is 0 Å². The van der Waals surface area contributed by atoms with Crippen LogP contribution in [-0.4, -0.2) is 39.8 Å². The fraction of sp³-hybridized carbons (Fsp3) is 0.462. The van der Waals surface area contributed by atoms with Gasteiger partial charge < -0.3 is 9.47 Å². The molecule has 104 valence electrons. The summed E-state index contributed by atoms with van der Waals surface area (Å²) in [4.78, 5) is 11.4. The molecule has 0 bridgehead atoms. The molecule has 1 saturated heterocycles. The third kappa shape index (κ3) is 3.00. The number of hydrogen-bond donors (Lipinski definition) is 0. The van der Waals surface area contributed by atoms with Gasteiger partial charge >= 0.3 is 0 Å². The van der Waals surface area contributed by atoms with E-state index in [4.69, 9.17) is 9.47 Å². The Bertz CT molecular complexity index is 471. The standard InChI is InChI=1S/C13H16INO3S/c1-10(16)13(15(14)7-8-19-13)9-18-12-6-4-3-5-11(12)17-2/h3-6H,7-9H2,1-2H3. The Kier molecular flexibility index (Phi) is 4.97. The van der Waals surface area contributed by atoms with Gasteiger partial charge in [-0.05, 0) is 19.1 Å². The Morgan fingerprint density at radius 1 is 1.47 bits per heavy atom. The first-order valence-corrected chi connectivity index (χ1v) is 7.89. The molecule has 0 N–H and O–H groups in total. The highest BCUT2D eigenvalue weighted by Crippen LogP contribution is 2.40. The van der Waals surface area contributed by atoms with Gasteiger partial charge in [-0.25, -0.2) is 3.11 Å². The van der Waals surface area contributed by atoms with Crippen LogP contribution in [-0.2, 0) is 4.79 Å². The van der Waals surface area contributed by atoms with E-state index < -0.39 is 4.87 Å². The van der Waals surface area contributed by atoms with Crippen molar-refractivity contribution in [1.82, 2.24) is 3.11 Å². The van der Waals surface area contributed by atoms with Crippen molar-refractivity contribution < 1.29 is 14.3 Å². The van der Waals surface area contributed by atoms with E-state index >= 15 is 0 Å². The number of methoxy groups -OCH3 is 1. The second-order valence-electron chi connectivity index (χ2n) is 4.21. The smallest absolute Gasteiger partial charge is 0.169 e. The van der Waals surface area contributed by atoms with E-state index in [0.717, 1.165) is 12.3 Å². The van der Waals surface area contributed by atoms with Gasteiger partial charge in [0, 0.05) is 35.2 Å². The number of Topliss-reactive ketones (excluding diaryl/α,β-unsaturated/α-hetero) is 1. The van der Waals surface area contributed by atoms with Gasteiger partial charge in [0.15, 0.2) is 22.2 Å². The number of ketones is 1. The minimum absolute atomic E-state index is 0.124. The summed E-state index contributed by atoms with van der Waals surface area (Å²) < 4.78 is 13.1. The summed E-state index contributed by atoms with van der Waals surface area (Å²) in [5.74, 6) is 2.42. The van der Waals surface area contributed by atoms with Gasteiger partial charge in [0.1, 0.15) is 6.61 Å². The molecule has 1 atom stereocenters. The van der Waals surface area contributed by atoms with Crippen LogP contribution in [0.4, 0.5) is 0 Å². The van der Waals surface area contributed by atoms with Gasteiger partial charge in [0.05, 0.1) is 7.11 Å². The van der Waals surface area contributed by atoms with Crippen molar-refractivity contribution in [3.63, 3.8) is 0 Å². The maximum absolute atomic E-state index is 12.0. The maximum atomic E-state index is 12.0.